The zero-order valence-corrected chi connectivity index (χ0v) is 13.5. The van der Waals surface area contributed by atoms with Gasteiger partial charge in [0, 0.05) is 11.6 Å². The second kappa shape index (κ2) is 6.41. The van der Waals surface area contributed by atoms with Gasteiger partial charge in [0.25, 0.3) is 15.7 Å². The minimum Gasteiger partial charge on any atom is -0.480 e. The van der Waals surface area contributed by atoms with Crippen molar-refractivity contribution in [1.29, 1.82) is 0 Å². The van der Waals surface area contributed by atoms with E-state index in [0.717, 1.165) is 4.31 Å². The summed E-state index contributed by atoms with van der Waals surface area (Å²) < 4.78 is 26.3. The van der Waals surface area contributed by atoms with E-state index in [2.05, 4.69) is 0 Å². The first-order valence-electron chi connectivity index (χ1n) is 6.48. The molecule has 0 aliphatic carbocycles. The Morgan fingerprint density at radius 3 is 2.23 bits per heavy atom. The molecule has 0 radical (unpaired) electrons. The number of sulfonamides is 1. The fourth-order valence-electron chi connectivity index (χ4n) is 2.12. The predicted octanol–water partition coefficient (Wildman–Crippen LogP) is 1.70. The SMILES string of the molecule is Cc1ccc(C)c(S(=O)(=O)N(CC(=O)O)C(C)C)c1[N+](=O)[O-]. The fraction of sp³-hybridized carbons (Fsp3) is 0.462. The Kier molecular flexibility index (Phi) is 5.26. The monoisotopic (exact) mass is 330 g/mol. The van der Waals surface area contributed by atoms with Gasteiger partial charge in [0.15, 0.2) is 4.90 Å². The number of carboxylic acids is 1. The zero-order valence-electron chi connectivity index (χ0n) is 12.7. The van der Waals surface area contributed by atoms with Crippen molar-refractivity contribution in [2.75, 3.05) is 6.54 Å². The Morgan fingerprint density at radius 1 is 1.32 bits per heavy atom. The standard InChI is InChI=1S/C13H18N2O6S/c1-8(2)14(7-11(16)17)22(20,21)13-10(4)6-5-9(3)12(13)15(18)19/h5-6,8H,7H2,1-4H3,(H,16,17). The molecule has 9 heteroatoms. The average Bonchev–Trinajstić information content (AvgIpc) is 2.36. The molecule has 0 unspecified atom stereocenters. The van der Waals surface area contributed by atoms with Crippen molar-refractivity contribution in [2.45, 2.75) is 38.6 Å². The maximum atomic E-state index is 12.8. The third-order valence-electron chi connectivity index (χ3n) is 3.15. The molecule has 0 heterocycles. The number of nitrogens with zero attached hydrogens (tertiary/aromatic N) is 2. The van der Waals surface area contributed by atoms with Gasteiger partial charge >= 0.3 is 5.97 Å². The minimum atomic E-state index is -4.31. The number of carbonyl (C=O) groups is 1. The topological polar surface area (TPSA) is 118 Å². The van der Waals surface area contributed by atoms with E-state index in [1.54, 1.807) is 0 Å². The molecule has 8 nitrogen and oxygen atoms in total. The lowest BCUT2D eigenvalue weighted by Gasteiger charge is -2.25. The lowest BCUT2D eigenvalue weighted by atomic mass is 10.1. The molecular formula is C13H18N2O6S. The van der Waals surface area contributed by atoms with Gasteiger partial charge in [-0.05, 0) is 33.3 Å². The fourth-order valence-corrected chi connectivity index (χ4v) is 4.14. The van der Waals surface area contributed by atoms with Crippen molar-refractivity contribution in [3.63, 3.8) is 0 Å². The third kappa shape index (κ3) is 3.42. The van der Waals surface area contributed by atoms with Gasteiger partial charge in [-0.25, -0.2) is 8.42 Å². The normalized spacial score (nSPS) is 11.9. The van der Waals surface area contributed by atoms with Crippen molar-refractivity contribution < 1.29 is 23.2 Å². The molecule has 0 aliphatic rings. The molecule has 22 heavy (non-hydrogen) atoms. The van der Waals surface area contributed by atoms with Crippen LogP contribution in [-0.4, -0.2) is 41.3 Å². The molecule has 0 bridgehead atoms. The van der Waals surface area contributed by atoms with Crippen LogP contribution >= 0.6 is 0 Å². The molecule has 122 valence electrons. The van der Waals surface area contributed by atoms with Gasteiger partial charge in [-0.2, -0.15) is 4.31 Å². The molecule has 1 N–H and O–H groups in total. The van der Waals surface area contributed by atoms with Crippen LogP contribution in [0, 0.1) is 24.0 Å². The number of hydrogen-bond donors (Lipinski definition) is 1. The van der Waals surface area contributed by atoms with Crippen LogP contribution in [0.3, 0.4) is 0 Å². The minimum absolute atomic E-state index is 0.202. The molecule has 1 aromatic rings. The summed E-state index contributed by atoms with van der Waals surface area (Å²) >= 11 is 0. The summed E-state index contributed by atoms with van der Waals surface area (Å²) in [5, 5.41) is 20.2. The number of hydrogen-bond acceptors (Lipinski definition) is 5. The van der Waals surface area contributed by atoms with E-state index in [1.165, 1.54) is 39.8 Å². The zero-order chi connectivity index (χ0) is 17.2. The highest BCUT2D eigenvalue weighted by Crippen LogP contribution is 2.33. The first kappa shape index (κ1) is 18.1. The number of nitro groups is 1. The van der Waals surface area contributed by atoms with Crippen molar-refractivity contribution in [3.8, 4) is 0 Å². The van der Waals surface area contributed by atoms with Crippen LogP contribution in [0.5, 0.6) is 0 Å². The van der Waals surface area contributed by atoms with Crippen LogP contribution < -0.4 is 0 Å². The molecule has 0 amide bonds. The summed E-state index contributed by atoms with van der Waals surface area (Å²) in [6.07, 6.45) is 0. The van der Waals surface area contributed by atoms with Gasteiger partial charge in [-0.15, -0.1) is 0 Å². The molecule has 0 spiro atoms. The van der Waals surface area contributed by atoms with Crippen molar-refractivity contribution in [3.05, 3.63) is 33.4 Å². The largest absolute Gasteiger partial charge is 0.480 e. The summed E-state index contributed by atoms with van der Waals surface area (Å²) in [6.45, 7) is 5.14. The lowest BCUT2D eigenvalue weighted by Crippen LogP contribution is -2.41. The van der Waals surface area contributed by atoms with Crippen LogP contribution in [-0.2, 0) is 14.8 Å². The Balaban J connectivity index is 3.67. The summed E-state index contributed by atoms with van der Waals surface area (Å²) in [6, 6.07) is 2.28. The quantitative estimate of drug-likeness (QED) is 0.626. The first-order chi connectivity index (χ1) is 10.00. The van der Waals surface area contributed by atoms with Gasteiger partial charge < -0.3 is 5.11 Å². The second-order valence-electron chi connectivity index (χ2n) is 5.17. The molecular weight excluding hydrogens is 312 g/mol. The lowest BCUT2D eigenvalue weighted by molar-refractivity contribution is -0.388. The smallest absolute Gasteiger partial charge is 0.318 e. The van der Waals surface area contributed by atoms with E-state index in [4.69, 9.17) is 5.11 Å². The summed E-state index contributed by atoms with van der Waals surface area (Å²) in [5.74, 6) is -1.33. The summed E-state index contributed by atoms with van der Waals surface area (Å²) in [5.41, 5.74) is -0.113. The van der Waals surface area contributed by atoms with E-state index < -0.39 is 44.1 Å². The molecule has 0 saturated carbocycles. The number of aryl methyl sites for hydroxylation is 2. The van der Waals surface area contributed by atoms with Gasteiger partial charge in [0.1, 0.15) is 6.54 Å². The number of nitro benzene ring substituents is 1. The van der Waals surface area contributed by atoms with Crippen LogP contribution in [0.2, 0.25) is 0 Å². The average molecular weight is 330 g/mol. The predicted molar refractivity (Wildman–Crippen MR) is 79.2 cm³/mol. The van der Waals surface area contributed by atoms with Gasteiger partial charge in [0.2, 0.25) is 0 Å². The van der Waals surface area contributed by atoms with E-state index in [-0.39, 0.29) is 11.1 Å². The van der Waals surface area contributed by atoms with Gasteiger partial charge in [0.05, 0.1) is 4.92 Å². The maximum absolute atomic E-state index is 12.8. The Bertz CT molecular complexity index is 711. The van der Waals surface area contributed by atoms with Crippen molar-refractivity contribution >= 4 is 21.7 Å². The highest BCUT2D eigenvalue weighted by molar-refractivity contribution is 7.89. The molecule has 0 saturated heterocycles. The Labute approximate surface area is 128 Å². The van der Waals surface area contributed by atoms with Gasteiger partial charge in [-0.1, -0.05) is 12.1 Å². The van der Waals surface area contributed by atoms with E-state index in [1.807, 2.05) is 0 Å². The molecule has 0 fully saturated rings. The Hall–Kier alpha value is -2.00. The van der Waals surface area contributed by atoms with Crippen molar-refractivity contribution in [2.24, 2.45) is 0 Å². The highest BCUT2D eigenvalue weighted by Gasteiger charge is 2.36. The number of carboxylic acid groups (broad SMARTS) is 1. The number of aliphatic carboxylic acids is 1. The number of benzene rings is 1. The molecule has 1 aromatic carbocycles. The highest BCUT2D eigenvalue weighted by atomic mass is 32.2. The van der Waals surface area contributed by atoms with E-state index in [0.29, 0.717) is 0 Å². The summed E-state index contributed by atoms with van der Waals surface area (Å²) in [4.78, 5) is 21.0. The summed E-state index contributed by atoms with van der Waals surface area (Å²) in [7, 11) is -4.31. The molecule has 0 aliphatic heterocycles. The van der Waals surface area contributed by atoms with Crippen LogP contribution in [0.25, 0.3) is 0 Å². The molecule has 1 rings (SSSR count). The van der Waals surface area contributed by atoms with Crippen LogP contribution in [0.1, 0.15) is 25.0 Å². The maximum Gasteiger partial charge on any atom is 0.318 e. The third-order valence-corrected chi connectivity index (χ3v) is 5.35. The van der Waals surface area contributed by atoms with Crippen LogP contribution in [0.15, 0.2) is 17.0 Å². The second-order valence-corrected chi connectivity index (χ2v) is 7.00. The molecule has 0 aromatic heterocycles. The first-order valence-corrected chi connectivity index (χ1v) is 7.92. The van der Waals surface area contributed by atoms with Crippen LogP contribution in [0.4, 0.5) is 5.69 Å². The van der Waals surface area contributed by atoms with Crippen molar-refractivity contribution in [1.82, 2.24) is 4.31 Å². The number of rotatable bonds is 6. The van der Waals surface area contributed by atoms with Gasteiger partial charge in [-0.3, -0.25) is 14.9 Å². The Morgan fingerprint density at radius 2 is 1.82 bits per heavy atom. The van der Waals surface area contributed by atoms with E-state index >= 15 is 0 Å². The molecule has 0 atom stereocenters. The van der Waals surface area contributed by atoms with E-state index in [9.17, 15) is 23.3 Å².